The van der Waals surface area contributed by atoms with Gasteiger partial charge >= 0.3 is 5.97 Å². The number of nitrogens with zero attached hydrogens (tertiary/aromatic N) is 1. The molecule has 0 aromatic heterocycles. The first-order chi connectivity index (χ1) is 7.13. The maximum absolute atomic E-state index is 11.4. The van der Waals surface area contributed by atoms with Crippen LogP contribution in [0.4, 0.5) is 0 Å². The molecule has 0 saturated carbocycles. The van der Waals surface area contributed by atoms with E-state index in [1.165, 1.54) is 7.11 Å². The van der Waals surface area contributed by atoms with Gasteiger partial charge in [0.1, 0.15) is 6.07 Å². The van der Waals surface area contributed by atoms with Crippen LogP contribution in [0.15, 0.2) is 12.1 Å². The van der Waals surface area contributed by atoms with Crippen LogP contribution in [0.3, 0.4) is 0 Å². The second-order valence-corrected chi connectivity index (χ2v) is 4.45. The molecule has 1 aromatic rings. The Hall–Kier alpha value is -0.610. The number of carbonyl (C=O) groups excluding carboxylic acids is 1. The molecule has 1 rings (SSSR count). The molecule has 0 aliphatic heterocycles. The van der Waals surface area contributed by atoms with Gasteiger partial charge in [0.15, 0.2) is 0 Å². The molecule has 0 heterocycles. The van der Waals surface area contributed by atoms with Gasteiger partial charge in [-0.2, -0.15) is 5.26 Å². The quantitative estimate of drug-likeness (QED) is 0.451. The van der Waals surface area contributed by atoms with Crippen molar-refractivity contribution in [1.82, 2.24) is 0 Å². The molecular formula is C10H7BrINO2. The van der Waals surface area contributed by atoms with E-state index in [1.54, 1.807) is 12.1 Å². The van der Waals surface area contributed by atoms with Crippen LogP contribution in [0, 0.1) is 14.9 Å². The fourth-order valence-electron chi connectivity index (χ4n) is 1.11. The van der Waals surface area contributed by atoms with Crippen LogP contribution in [-0.2, 0) is 10.1 Å². The van der Waals surface area contributed by atoms with Gasteiger partial charge in [0.05, 0.1) is 18.2 Å². The lowest BCUT2D eigenvalue weighted by molar-refractivity contribution is 0.0600. The van der Waals surface area contributed by atoms with Crippen molar-refractivity contribution in [3.63, 3.8) is 0 Å². The lowest BCUT2D eigenvalue weighted by atomic mass is 10.1. The van der Waals surface area contributed by atoms with E-state index >= 15 is 0 Å². The Morgan fingerprint density at radius 2 is 2.33 bits per heavy atom. The number of rotatable bonds is 2. The Morgan fingerprint density at radius 3 is 2.80 bits per heavy atom. The van der Waals surface area contributed by atoms with Crippen LogP contribution in [-0.4, -0.2) is 13.1 Å². The van der Waals surface area contributed by atoms with Crippen LogP contribution in [0.5, 0.6) is 0 Å². The Labute approximate surface area is 110 Å². The molecule has 1 aromatic carbocycles. The normalized spacial score (nSPS) is 9.47. The maximum Gasteiger partial charge on any atom is 0.338 e. The predicted octanol–water partition coefficient (Wildman–Crippen LogP) is 2.84. The zero-order valence-electron chi connectivity index (χ0n) is 7.88. The minimum atomic E-state index is -0.383. The first kappa shape index (κ1) is 12.5. The first-order valence-corrected chi connectivity index (χ1v) is 6.20. The molecule has 0 amide bonds. The summed E-state index contributed by atoms with van der Waals surface area (Å²) in [5, 5.41) is 9.36. The minimum absolute atomic E-state index is 0.383. The molecule has 0 radical (unpaired) electrons. The highest BCUT2D eigenvalue weighted by Gasteiger charge is 2.14. The summed E-state index contributed by atoms with van der Waals surface area (Å²) in [6.07, 6.45) is 0. The summed E-state index contributed by atoms with van der Waals surface area (Å²) in [5.74, 6) is -0.383. The number of methoxy groups -OCH3 is 1. The van der Waals surface area contributed by atoms with Crippen molar-refractivity contribution in [2.75, 3.05) is 7.11 Å². The van der Waals surface area contributed by atoms with Crippen molar-refractivity contribution in [2.24, 2.45) is 0 Å². The average molecular weight is 380 g/mol. The second kappa shape index (κ2) is 5.47. The zero-order valence-corrected chi connectivity index (χ0v) is 11.6. The monoisotopic (exact) mass is 379 g/mol. The van der Waals surface area contributed by atoms with E-state index < -0.39 is 0 Å². The third-order valence-electron chi connectivity index (χ3n) is 1.86. The van der Waals surface area contributed by atoms with Crippen LogP contribution in [0.2, 0.25) is 0 Å². The van der Waals surface area contributed by atoms with Gasteiger partial charge in [0.2, 0.25) is 0 Å². The fourth-order valence-corrected chi connectivity index (χ4v) is 2.17. The van der Waals surface area contributed by atoms with Gasteiger partial charge in [-0.05, 0) is 40.3 Å². The van der Waals surface area contributed by atoms with E-state index in [-0.39, 0.29) is 5.97 Å². The van der Waals surface area contributed by atoms with Gasteiger partial charge in [-0.15, -0.1) is 0 Å². The number of hydrogen-bond acceptors (Lipinski definition) is 3. The summed E-state index contributed by atoms with van der Waals surface area (Å²) in [5.41, 5.74) is 1.83. The minimum Gasteiger partial charge on any atom is -0.465 e. The van der Waals surface area contributed by atoms with E-state index in [1.807, 2.05) is 22.6 Å². The predicted molar refractivity (Wildman–Crippen MR) is 67.8 cm³/mol. The average Bonchev–Trinajstić information content (AvgIpc) is 2.27. The highest BCUT2D eigenvalue weighted by molar-refractivity contribution is 14.1. The van der Waals surface area contributed by atoms with Crippen molar-refractivity contribution in [3.8, 4) is 6.07 Å². The molecule has 15 heavy (non-hydrogen) atoms. The van der Waals surface area contributed by atoms with Gasteiger partial charge in [-0.25, -0.2) is 4.79 Å². The Bertz CT molecular complexity index is 440. The number of carbonyl (C=O) groups is 1. The maximum atomic E-state index is 11.4. The number of benzene rings is 1. The number of esters is 1. The first-order valence-electron chi connectivity index (χ1n) is 4.00. The van der Waals surface area contributed by atoms with Gasteiger partial charge in [0, 0.05) is 8.90 Å². The molecular weight excluding hydrogens is 373 g/mol. The number of halogens is 2. The molecule has 0 N–H and O–H groups in total. The standard InChI is InChI=1S/C10H7BrINO2/c1-15-10(14)8-3-9(12)7(5-13)2-6(8)4-11/h2-3H,4H2,1H3. The van der Waals surface area contributed by atoms with Gasteiger partial charge in [0.25, 0.3) is 0 Å². The molecule has 5 heteroatoms. The number of ether oxygens (including phenoxy) is 1. The molecule has 0 fully saturated rings. The lowest BCUT2D eigenvalue weighted by Crippen LogP contribution is -2.06. The molecule has 0 spiro atoms. The van der Waals surface area contributed by atoms with Crippen LogP contribution < -0.4 is 0 Å². The number of alkyl halides is 1. The number of hydrogen-bond donors (Lipinski definition) is 0. The molecule has 0 saturated heterocycles. The smallest absolute Gasteiger partial charge is 0.338 e. The number of nitriles is 1. The van der Waals surface area contributed by atoms with Gasteiger partial charge in [-0.1, -0.05) is 15.9 Å². The topological polar surface area (TPSA) is 50.1 Å². The van der Waals surface area contributed by atoms with Gasteiger partial charge in [-0.3, -0.25) is 0 Å². The van der Waals surface area contributed by atoms with E-state index in [2.05, 4.69) is 26.7 Å². The van der Waals surface area contributed by atoms with Crippen LogP contribution >= 0.6 is 38.5 Å². The molecule has 0 aliphatic rings. The van der Waals surface area contributed by atoms with E-state index in [0.29, 0.717) is 16.5 Å². The summed E-state index contributed by atoms with van der Waals surface area (Å²) in [4.78, 5) is 11.4. The van der Waals surface area contributed by atoms with E-state index in [9.17, 15) is 4.79 Å². The zero-order chi connectivity index (χ0) is 11.4. The van der Waals surface area contributed by atoms with Crippen molar-refractivity contribution < 1.29 is 9.53 Å². The van der Waals surface area contributed by atoms with E-state index in [0.717, 1.165) is 9.13 Å². The molecule has 3 nitrogen and oxygen atoms in total. The van der Waals surface area contributed by atoms with Crippen molar-refractivity contribution >= 4 is 44.5 Å². The molecule has 78 valence electrons. The Balaban J connectivity index is 3.35. The summed E-state index contributed by atoms with van der Waals surface area (Å²) < 4.78 is 5.41. The fraction of sp³-hybridized carbons (Fsp3) is 0.200. The van der Waals surface area contributed by atoms with Crippen molar-refractivity contribution in [3.05, 3.63) is 32.4 Å². The summed E-state index contributed by atoms with van der Waals surface area (Å²) in [7, 11) is 1.34. The van der Waals surface area contributed by atoms with Gasteiger partial charge < -0.3 is 4.74 Å². The lowest BCUT2D eigenvalue weighted by Gasteiger charge is -2.07. The molecule has 0 bridgehead atoms. The SMILES string of the molecule is COC(=O)c1cc(I)c(C#N)cc1CBr. The van der Waals surface area contributed by atoms with Crippen LogP contribution in [0.25, 0.3) is 0 Å². The third kappa shape index (κ3) is 2.69. The summed E-state index contributed by atoms with van der Waals surface area (Å²) in [6.45, 7) is 0. The highest BCUT2D eigenvalue weighted by atomic mass is 127. The van der Waals surface area contributed by atoms with E-state index in [4.69, 9.17) is 5.26 Å². The largest absolute Gasteiger partial charge is 0.465 e. The molecule has 0 aliphatic carbocycles. The Kier molecular flexibility index (Phi) is 4.54. The second-order valence-electron chi connectivity index (χ2n) is 2.73. The van der Waals surface area contributed by atoms with Crippen LogP contribution in [0.1, 0.15) is 21.5 Å². The van der Waals surface area contributed by atoms with Crippen molar-refractivity contribution in [1.29, 1.82) is 5.26 Å². The third-order valence-corrected chi connectivity index (χ3v) is 3.36. The molecule has 0 unspecified atom stereocenters. The Morgan fingerprint density at radius 1 is 1.67 bits per heavy atom. The molecule has 0 atom stereocenters. The highest BCUT2D eigenvalue weighted by Crippen LogP contribution is 2.21. The summed E-state index contributed by atoms with van der Waals surface area (Å²) >= 11 is 5.30. The van der Waals surface area contributed by atoms with Crippen molar-refractivity contribution in [2.45, 2.75) is 5.33 Å². The summed E-state index contributed by atoms with van der Waals surface area (Å²) in [6, 6.07) is 5.44.